The Morgan fingerprint density at radius 1 is 1.00 bits per heavy atom. The Morgan fingerprint density at radius 3 is 1.54 bits per heavy atom. The Hall–Kier alpha value is -0.600. The minimum Gasteiger partial charge on any atom is -0.392 e. The minimum atomic E-state index is -0.519. The molecule has 2 heteroatoms. The molecular formula is C11H20O2. The molecule has 0 rings (SSSR count). The molecule has 13 heavy (non-hydrogen) atoms. The van der Waals surface area contributed by atoms with Crippen molar-refractivity contribution in [3.8, 4) is 0 Å². The van der Waals surface area contributed by atoms with Crippen molar-refractivity contribution in [3.63, 3.8) is 0 Å². The molecule has 0 heterocycles. The molecule has 0 aliphatic carbocycles. The summed E-state index contributed by atoms with van der Waals surface area (Å²) in [5.41, 5.74) is 0. The molecule has 0 saturated heterocycles. The van der Waals surface area contributed by atoms with Crippen LogP contribution in [0.4, 0.5) is 0 Å². The Bertz CT molecular complexity index is 147. The molecule has 0 amide bonds. The van der Waals surface area contributed by atoms with Crippen molar-refractivity contribution in [1.29, 1.82) is 0 Å². The summed E-state index contributed by atoms with van der Waals surface area (Å²) in [6.45, 7) is 10.9. The first-order valence-corrected chi connectivity index (χ1v) is 4.64. The summed E-state index contributed by atoms with van der Waals surface area (Å²) >= 11 is 0. The molecule has 0 fully saturated rings. The van der Waals surface area contributed by atoms with Crippen LogP contribution in [0, 0.1) is 11.8 Å². The highest BCUT2D eigenvalue weighted by atomic mass is 16.3. The van der Waals surface area contributed by atoms with Gasteiger partial charge in [-0.15, -0.1) is 13.2 Å². The van der Waals surface area contributed by atoms with Crippen molar-refractivity contribution in [3.05, 3.63) is 25.3 Å². The Kier molecular flexibility index (Phi) is 5.67. The van der Waals surface area contributed by atoms with E-state index in [0.717, 1.165) is 0 Å². The maximum Gasteiger partial charge on any atom is 0.0624 e. The van der Waals surface area contributed by atoms with Crippen molar-refractivity contribution in [2.24, 2.45) is 11.8 Å². The Labute approximate surface area is 80.6 Å². The van der Waals surface area contributed by atoms with Gasteiger partial charge in [0, 0.05) is 6.42 Å². The fourth-order valence-electron chi connectivity index (χ4n) is 0.991. The maximum absolute atomic E-state index is 9.57. The topological polar surface area (TPSA) is 40.5 Å². The SMILES string of the molecule is C=C[C@@H](C)[C@@H](O)C[C@H](O)[C@@H](C)C=C. The lowest BCUT2D eigenvalue weighted by molar-refractivity contribution is 0.0442. The first kappa shape index (κ1) is 12.4. The van der Waals surface area contributed by atoms with Gasteiger partial charge in [0.25, 0.3) is 0 Å². The molecular weight excluding hydrogens is 164 g/mol. The van der Waals surface area contributed by atoms with Gasteiger partial charge in [0.05, 0.1) is 12.2 Å². The average Bonchev–Trinajstić information content (AvgIpc) is 2.14. The van der Waals surface area contributed by atoms with Gasteiger partial charge in [0.15, 0.2) is 0 Å². The van der Waals surface area contributed by atoms with E-state index in [0.29, 0.717) is 6.42 Å². The van der Waals surface area contributed by atoms with E-state index < -0.39 is 12.2 Å². The van der Waals surface area contributed by atoms with Gasteiger partial charge in [-0.25, -0.2) is 0 Å². The zero-order valence-electron chi connectivity index (χ0n) is 8.48. The molecule has 2 N–H and O–H groups in total. The van der Waals surface area contributed by atoms with E-state index in [9.17, 15) is 10.2 Å². The van der Waals surface area contributed by atoms with Gasteiger partial charge in [-0.1, -0.05) is 26.0 Å². The summed E-state index contributed by atoms with van der Waals surface area (Å²) in [4.78, 5) is 0. The van der Waals surface area contributed by atoms with Crippen LogP contribution in [0.2, 0.25) is 0 Å². The monoisotopic (exact) mass is 184 g/mol. The number of aliphatic hydroxyl groups excluding tert-OH is 2. The first-order chi connectivity index (χ1) is 6.02. The van der Waals surface area contributed by atoms with E-state index in [1.54, 1.807) is 12.2 Å². The zero-order chi connectivity index (χ0) is 10.4. The van der Waals surface area contributed by atoms with Crippen LogP contribution in [0.15, 0.2) is 25.3 Å². The fourth-order valence-corrected chi connectivity index (χ4v) is 0.991. The lowest BCUT2D eigenvalue weighted by Gasteiger charge is -2.21. The van der Waals surface area contributed by atoms with Crippen LogP contribution in [-0.2, 0) is 0 Å². The standard InChI is InChI=1S/C11H20O2/c1-5-8(3)10(12)7-11(13)9(4)6-2/h5-6,8-13H,1-2,7H2,3-4H3/t8-,9+,10-,11-/m0/s1. The molecule has 0 aliphatic rings. The highest BCUT2D eigenvalue weighted by Crippen LogP contribution is 2.15. The molecule has 0 saturated carbocycles. The van der Waals surface area contributed by atoms with Crippen LogP contribution < -0.4 is 0 Å². The minimum absolute atomic E-state index is 0.0201. The molecule has 0 unspecified atom stereocenters. The fraction of sp³-hybridized carbons (Fsp3) is 0.636. The second-order valence-electron chi connectivity index (χ2n) is 3.56. The number of aliphatic hydroxyl groups is 2. The van der Waals surface area contributed by atoms with Gasteiger partial charge < -0.3 is 10.2 Å². The summed E-state index contributed by atoms with van der Waals surface area (Å²) < 4.78 is 0. The molecule has 0 aromatic heterocycles. The second kappa shape index (κ2) is 5.95. The van der Waals surface area contributed by atoms with Gasteiger partial charge in [-0.3, -0.25) is 0 Å². The van der Waals surface area contributed by atoms with E-state index in [1.165, 1.54) is 0 Å². The molecule has 0 radical (unpaired) electrons. The van der Waals surface area contributed by atoms with Crippen molar-refractivity contribution in [1.82, 2.24) is 0 Å². The summed E-state index contributed by atoms with van der Waals surface area (Å²) in [5, 5.41) is 19.1. The predicted octanol–water partition coefficient (Wildman–Crippen LogP) is 1.74. The second-order valence-corrected chi connectivity index (χ2v) is 3.56. The third-order valence-electron chi connectivity index (χ3n) is 2.44. The van der Waals surface area contributed by atoms with Gasteiger partial charge in [-0.2, -0.15) is 0 Å². The lowest BCUT2D eigenvalue weighted by Crippen LogP contribution is -2.26. The van der Waals surface area contributed by atoms with Gasteiger partial charge in [0.1, 0.15) is 0 Å². The molecule has 76 valence electrons. The van der Waals surface area contributed by atoms with E-state index in [2.05, 4.69) is 13.2 Å². The van der Waals surface area contributed by atoms with E-state index in [4.69, 9.17) is 0 Å². The molecule has 2 nitrogen and oxygen atoms in total. The maximum atomic E-state index is 9.57. The Morgan fingerprint density at radius 2 is 1.31 bits per heavy atom. The van der Waals surface area contributed by atoms with E-state index in [1.807, 2.05) is 13.8 Å². The first-order valence-electron chi connectivity index (χ1n) is 4.64. The predicted molar refractivity (Wildman–Crippen MR) is 55.4 cm³/mol. The molecule has 0 aromatic carbocycles. The summed E-state index contributed by atoms with van der Waals surface area (Å²) in [6.07, 6.45) is 2.72. The Balaban J connectivity index is 3.96. The molecule has 4 atom stereocenters. The van der Waals surface area contributed by atoms with Gasteiger partial charge >= 0.3 is 0 Å². The smallest absolute Gasteiger partial charge is 0.0624 e. The third kappa shape index (κ3) is 4.25. The van der Waals surface area contributed by atoms with E-state index in [-0.39, 0.29) is 11.8 Å². The van der Waals surface area contributed by atoms with Crippen LogP contribution in [0.1, 0.15) is 20.3 Å². The van der Waals surface area contributed by atoms with Crippen LogP contribution in [0.25, 0.3) is 0 Å². The number of hydrogen-bond donors (Lipinski definition) is 2. The number of rotatable bonds is 6. The van der Waals surface area contributed by atoms with Crippen LogP contribution in [-0.4, -0.2) is 22.4 Å². The van der Waals surface area contributed by atoms with Crippen LogP contribution in [0.5, 0.6) is 0 Å². The van der Waals surface area contributed by atoms with E-state index >= 15 is 0 Å². The van der Waals surface area contributed by atoms with Gasteiger partial charge in [0.2, 0.25) is 0 Å². The molecule has 0 bridgehead atoms. The summed E-state index contributed by atoms with van der Waals surface area (Å²) in [5.74, 6) is 0.0401. The molecule has 0 aliphatic heterocycles. The third-order valence-corrected chi connectivity index (χ3v) is 2.44. The summed E-state index contributed by atoms with van der Waals surface area (Å²) in [7, 11) is 0. The zero-order valence-corrected chi connectivity index (χ0v) is 8.48. The number of hydrogen-bond acceptors (Lipinski definition) is 2. The van der Waals surface area contributed by atoms with Gasteiger partial charge in [-0.05, 0) is 11.8 Å². The van der Waals surface area contributed by atoms with Crippen molar-refractivity contribution in [2.75, 3.05) is 0 Å². The summed E-state index contributed by atoms with van der Waals surface area (Å²) in [6, 6.07) is 0. The average molecular weight is 184 g/mol. The highest BCUT2D eigenvalue weighted by Gasteiger charge is 2.18. The lowest BCUT2D eigenvalue weighted by atomic mass is 9.93. The highest BCUT2D eigenvalue weighted by molar-refractivity contribution is 4.87. The quantitative estimate of drug-likeness (QED) is 0.617. The molecule has 0 spiro atoms. The van der Waals surface area contributed by atoms with Crippen molar-refractivity contribution >= 4 is 0 Å². The normalized spacial score (nSPS) is 20.0. The molecule has 0 aromatic rings. The van der Waals surface area contributed by atoms with Crippen molar-refractivity contribution in [2.45, 2.75) is 32.5 Å². The van der Waals surface area contributed by atoms with Crippen LogP contribution >= 0.6 is 0 Å². The largest absolute Gasteiger partial charge is 0.392 e. The van der Waals surface area contributed by atoms with Crippen LogP contribution in [0.3, 0.4) is 0 Å². The van der Waals surface area contributed by atoms with Crippen molar-refractivity contribution < 1.29 is 10.2 Å².